The molecule has 1 aliphatic heterocycles. The van der Waals surface area contributed by atoms with Gasteiger partial charge in [-0.2, -0.15) is 0 Å². The van der Waals surface area contributed by atoms with Gasteiger partial charge in [-0.1, -0.05) is 13.1 Å². The predicted molar refractivity (Wildman–Crippen MR) is 59.7 cm³/mol. The molecule has 0 unspecified atom stereocenters. The summed E-state index contributed by atoms with van der Waals surface area (Å²) in [5, 5.41) is 0. The topological polar surface area (TPSA) is 46.6 Å². The molecule has 16 heavy (non-hydrogen) atoms. The van der Waals surface area contributed by atoms with Crippen LogP contribution in [0.25, 0.3) is 0 Å². The summed E-state index contributed by atoms with van der Waals surface area (Å²) >= 11 is 0. The molecule has 0 aromatic carbocycles. The highest BCUT2D eigenvalue weighted by Crippen LogP contribution is 2.18. The molecule has 2 atom stereocenters. The van der Waals surface area contributed by atoms with Crippen molar-refractivity contribution < 1.29 is 18.7 Å². The number of amides is 1. The van der Waals surface area contributed by atoms with E-state index < -0.39 is 27.0 Å². The molecule has 1 rings (SSSR count). The first kappa shape index (κ1) is 13.2. The molecule has 1 heterocycles. The van der Waals surface area contributed by atoms with Crippen molar-refractivity contribution in [3.63, 3.8) is 0 Å². The third-order valence-corrected chi connectivity index (χ3v) is 3.76. The molecule has 0 saturated carbocycles. The third kappa shape index (κ3) is 3.59. The minimum atomic E-state index is -1.25. The lowest BCUT2D eigenvalue weighted by molar-refractivity contribution is -0.111. The maximum atomic E-state index is 13.2. The van der Waals surface area contributed by atoms with Crippen LogP contribution in [0.1, 0.15) is 0 Å². The molecule has 0 aliphatic carbocycles. The Morgan fingerprint density at radius 3 is 2.75 bits per heavy atom. The third-order valence-electron chi connectivity index (χ3n) is 2.55. The summed E-state index contributed by atoms with van der Waals surface area (Å²) in [6.45, 7) is 4.76. The minimum absolute atomic E-state index is 0.0295. The van der Waals surface area contributed by atoms with Crippen molar-refractivity contribution in [2.45, 2.75) is 25.3 Å². The lowest BCUT2D eigenvalue weighted by atomic mass is 10.1. The molecule has 1 saturated heterocycles. The van der Waals surface area contributed by atoms with E-state index in [4.69, 9.17) is 4.74 Å². The zero-order chi connectivity index (χ0) is 12.1. The van der Waals surface area contributed by atoms with E-state index in [1.807, 2.05) is 0 Å². The first-order valence-corrected chi connectivity index (χ1v) is 8.05. The molecule has 6 heteroatoms. The molecular weight excluding hydrogens is 229 g/mol. The molecule has 1 radical (unpaired) electrons. The highest BCUT2D eigenvalue weighted by atomic mass is 28.3. The van der Waals surface area contributed by atoms with Crippen LogP contribution in [-0.2, 0) is 9.53 Å². The molecule has 0 aromatic heterocycles. The SMILES string of the molecule is C[Si](C)CCOC(=O)N1C[C@@H](C=O)[C@@H](F)C1. The Kier molecular flexibility index (Phi) is 4.92. The van der Waals surface area contributed by atoms with Crippen molar-refractivity contribution in [3.8, 4) is 0 Å². The van der Waals surface area contributed by atoms with Crippen LogP contribution in [0, 0.1) is 5.92 Å². The smallest absolute Gasteiger partial charge is 0.409 e. The molecule has 91 valence electrons. The number of halogens is 1. The van der Waals surface area contributed by atoms with Gasteiger partial charge in [-0.15, -0.1) is 0 Å². The summed E-state index contributed by atoms with van der Waals surface area (Å²) in [5.74, 6) is -0.690. The summed E-state index contributed by atoms with van der Waals surface area (Å²) in [7, 11) is -0.405. The monoisotopic (exact) mass is 246 g/mol. The second-order valence-corrected chi connectivity index (χ2v) is 7.21. The van der Waals surface area contributed by atoms with Gasteiger partial charge in [0.1, 0.15) is 12.5 Å². The fourth-order valence-corrected chi connectivity index (χ4v) is 2.01. The fourth-order valence-electron chi connectivity index (χ4n) is 1.50. The fraction of sp³-hybridized carbons (Fsp3) is 0.800. The van der Waals surface area contributed by atoms with Gasteiger partial charge in [0, 0.05) is 15.3 Å². The molecule has 0 aromatic rings. The maximum absolute atomic E-state index is 13.2. The van der Waals surface area contributed by atoms with Gasteiger partial charge in [-0.25, -0.2) is 9.18 Å². The van der Waals surface area contributed by atoms with E-state index in [0.29, 0.717) is 12.9 Å². The lowest BCUT2D eigenvalue weighted by Gasteiger charge is -2.15. The van der Waals surface area contributed by atoms with Crippen LogP contribution in [0.15, 0.2) is 0 Å². The zero-order valence-corrected chi connectivity index (χ0v) is 10.6. The number of carbonyl (C=O) groups is 2. The first-order valence-electron chi connectivity index (χ1n) is 5.34. The molecule has 0 N–H and O–H groups in total. The van der Waals surface area contributed by atoms with Crippen molar-refractivity contribution in [2.24, 2.45) is 5.92 Å². The van der Waals surface area contributed by atoms with Crippen LogP contribution in [0.2, 0.25) is 19.1 Å². The van der Waals surface area contributed by atoms with Crippen molar-refractivity contribution in [1.29, 1.82) is 0 Å². The number of hydrogen-bond donors (Lipinski definition) is 0. The number of ether oxygens (including phenoxy) is 1. The van der Waals surface area contributed by atoms with Crippen LogP contribution < -0.4 is 0 Å². The largest absolute Gasteiger partial charge is 0.450 e. The van der Waals surface area contributed by atoms with E-state index in [-0.39, 0.29) is 13.1 Å². The second-order valence-electron chi connectivity index (χ2n) is 4.29. The second kappa shape index (κ2) is 5.98. The van der Waals surface area contributed by atoms with E-state index >= 15 is 0 Å². The normalized spacial score (nSPS) is 24.9. The van der Waals surface area contributed by atoms with Crippen LogP contribution in [0.4, 0.5) is 9.18 Å². The van der Waals surface area contributed by atoms with Gasteiger partial charge in [0.25, 0.3) is 0 Å². The first-order chi connectivity index (χ1) is 7.54. The van der Waals surface area contributed by atoms with E-state index in [0.717, 1.165) is 6.04 Å². The standard InChI is InChI=1S/C10H17FNO3Si/c1-16(2)4-3-15-10(14)12-5-8(7-13)9(11)6-12/h7-9H,3-6H2,1-2H3/t8-,9-/m0/s1. The Labute approximate surface area is 96.4 Å². The number of carbonyl (C=O) groups excluding carboxylic acids is 2. The van der Waals surface area contributed by atoms with E-state index in [1.165, 1.54) is 4.90 Å². The van der Waals surface area contributed by atoms with Crippen molar-refractivity contribution in [1.82, 2.24) is 4.90 Å². The quantitative estimate of drug-likeness (QED) is 0.555. The van der Waals surface area contributed by atoms with Gasteiger partial charge >= 0.3 is 6.09 Å². The van der Waals surface area contributed by atoms with Crippen LogP contribution in [-0.4, -0.2) is 51.9 Å². The molecule has 0 bridgehead atoms. The highest BCUT2D eigenvalue weighted by Gasteiger charge is 2.35. The Morgan fingerprint density at radius 1 is 1.56 bits per heavy atom. The average Bonchev–Trinajstić information content (AvgIpc) is 2.59. The number of likely N-dealkylation sites (tertiary alicyclic amines) is 1. The van der Waals surface area contributed by atoms with Gasteiger partial charge in [0.2, 0.25) is 0 Å². The van der Waals surface area contributed by atoms with Gasteiger partial charge in [-0.05, 0) is 6.04 Å². The summed E-state index contributed by atoms with van der Waals surface area (Å²) in [6, 6.07) is 0.889. The number of hydrogen-bond acceptors (Lipinski definition) is 3. The minimum Gasteiger partial charge on any atom is -0.450 e. The van der Waals surface area contributed by atoms with E-state index in [9.17, 15) is 14.0 Å². The average molecular weight is 246 g/mol. The molecular formula is C10H17FNO3Si. The zero-order valence-electron chi connectivity index (χ0n) is 9.61. The summed E-state index contributed by atoms with van der Waals surface area (Å²) in [5.41, 5.74) is 0. The van der Waals surface area contributed by atoms with Gasteiger partial charge in [-0.3, -0.25) is 0 Å². The number of nitrogens with zero attached hydrogens (tertiary/aromatic N) is 1. The molecule has 1 fully saturated rings. The molecule has 1 amide bonds. The van der Waals surface area contributed by atoms with E-state index in [2.05, 4.69) is 13.1 Å². The number of alkyl halides is 1. The maximum Gasteiger partial charge on any atom is 0.409 e. The van der Waals surface area contributed by atoms with Crippen LogP contribution in [0.5, 0.6) is 0 Å². The summed E-state index contributed by atoms with van der Waals surface area (Å²) < 4.78 is 18.2. The van der Waals surface area contributed by atoms with Crippen molar-refractivity contribution >= 4 is 21.2 Å². The van der Waals surface area contributed by atoms with Gasteiger partial charge in [0.05, 0.1) is 19.1 Å². The predicted octanol–water partition coefficient (Wildman–Crippen LogP) is 1.35. The van der Waals surface area contributed by atoms with E-state index in [1.54, 1.807) is 0 Å². The number of rotatable bonds is 4. The molecule has 0 spiro atoms. The van der Waals surface area contributed by atoms with Crippen molar-refractivity contribution in [3.05, 3.63) is 0 Å². The van der Waals surface area contributed by atoms with Crippen LogP contribution >= 0.6 is 0 Å². The molecule has 1 aliphatic rings. The highest BCUT2D eigenvalue weighted by molar-refractivity contribution is 6.55. The lowest BCUT2D eigenvalue weighted by Crippen LogP contribution is -2.30. The molecule has 4 nitrogen and oxygen atoms in total. The van der Waals surface area contributed by atoms with Gasteiger partial charge < -0.3 is 14.4 Å². The van der Waals surface area contributed by atoms with Crippen molar-refractivity contribution in [2.75, 3.05) is 19.7 Å². The Bertz CT molecular complexity index is 262. The Morgan fingerprint density at radius 2 is 2.25 bits per heavy atom. The van der Waals surface area contributed by atoms with Gasteiger partial charge in [0.15, 0.2) is 0 Å². The van der Waals surface area contributed by atoms with Crippen LogP contribution in [0.3, 0.4) is 0 Å². The summed E-state index contributed by atoms with van der Waals surface area (Å²) in [4.78, 5) is 23.2. The number of aldehydes is 1. The Balaban J connectivity index is 2.30. The Hall–Kier alpha value is -0.913. The summed E-state index contributed by atoms with van der Waals surface area (Å²) in [6.07, 6.45) is -1.19.